The van der Waals surface area contributed by atoms with Crippen LogP contribution in [0, 0.1) is 17.8 Å². The molecule has 4 atom stereocenters. The van der Waals surface area contributed by atoms with E-state index >= 15 is 0 Å². The van der Waals surface area contributed by atoms with Crippen molar-refractivity contribution in [3.05, 3.63) is 0 Å². The molecular formula is C17H27NO3. The maximum atomic E-state index is 12.9. The quantitative estimate of drug-likeness (QED) is 0.851. The maximum absolute atomic E-state index is 12.9. The number of fused-ring (bicyclic) bond motifs is 1. The summed E-state index contributed by atoms with van der Waals surface area (Å²) >= 11 is 0. The van der Waals surface area contributed by atoms with E-state index in [2.05, 4.69) is 0 Å². The smallest absolute Gasteiger partial charge is 0.329 e. The second-order valence-electron chi connectivity index (χ2n) is 7.49. The highest BCUT2D eigenvalue weighted by Gasteiger charge is 2.48. The third-order valence-electron chi connectivity index (χ3n) is 6.26. The first-order valence-corrected chi connectivity index (χ1v) is 8.57. The van der Waals surface area contributed by atoms with Gasteiger partial charge in [0.15, 0.2) is 0 Å². The SMILES string of the molecule is CC1(C(=O)O)CCCN1C(=O)C1CCC2CCCCC2C1. The Labute approximate surface area is 126 Å². The zero-order valence-corrected chi connectivity index (χ0v) is 13.0. The first-order chi connectivity index (χ1) is 10.0. The predicted octanol–water partition coefficient (Wildman–Crippen LogP) is 3.06. The van der Waals surface area contributed by atoms with Crippen molar-refractivity contribution in [2.24, 2.45) is 17.8 Å². The van der Waals surface area contributed by atoms with Gasteiger partial charge in [0.05, 0.1) is 0 Å². The highest BCUT2D eigenvalue weighted by molar-refractivity contribution is 5.88. The van der Waals surface area contributed by atoms with E-state index in [1.165, 1.54) is 32.1 Å². The summed E-state index contributed by atoms with van der Waals surface area (Å²) in [4.78, 5) is 26.1. The van der Waals surface area contributed by atoms with E-state index in [-0.39, 0.29) is 11.8 Å². The normalized spacial score (nSPS) is 39.9. The van der Waals surface area contributed by atoms with Gasteiger partial charge in [0, 0.05) is 12.5 Å². The number of carboxylic acid groups (broad SMARTS) is 1. The largest absolute Gasteiger partial charge is 0.480 e. The van der Waals surface area contributed by atoms with E-state index in [1.807, 2.05) is 0 Å². The zero-order chi connectivity index (χ0) is 15.0. The number of amides is 1. The van der Waals surface area contributed by atoms with Gasteiger partial charge in [-0.05, 0) is 50.9 Å². The van der Waals surface area contributed by atoms with Gasteiger partial charge in [-0.1, -0.05) is 25.7 Å². The molecule has 0 aromatic rings. The summed E-state index contributed by atoms with van der Waals surface area (Å²) in [5.41, 5.74) is -0.972. The number of hydrogen-bond acceptors (Lipinski definition) is 2. The molecule has 21 heavy (non-hydrogen) atoms. The van der Waals surface area contributed by atoms with Crippen molar-refractivity contribution < 1.29 is 14.7 Å². The van der Waals surface area contributed by atoms with Crippen LogP contribution in [0.5, 0.6) is 0 Å². The zero-order valence-electron chi connectivity index (χ0n) is 13.0. The van der Waals surface area contributed by atoms with Crippen LogP contribution in [0.1, 0.15) is 64.7 Å². The fourth-order valence-corrected chi connectivity index (χ4v) is 4.86. The third-order valence-corrected chi connectivity index (χ3v) is 6.26. The van der Waals surface area contributed by atoms with Crippen molar-refractivity contribution in [1.29, 1.82) is 0 Å². The minimum atomic E-state index is -0.972. The Hall–Kier alpha value is -1.06. The lowest BCUT2D eigenvalue weighted by molar-refractivity contribution is -0.158. The van der Waals surface area contributed by atoms with Gasteiger partial charge in [-0.15, -0.1) is 0 Å². The molecule has 4 heteroatoms. The first kappa shape index (κ1) is 14.9. The number of rotatable bonds is 2. The fourth-order valence-electron chi connectivity index (χ4n) is 4.86. The van der Waals surface area contributed by atoms with E-state index in [9.17, 15) is 14.7 Å². The molecule has 0 aromatic carbocycles. The monoisotopic (exact) mass is 293 g/mol. The second-order valence-corrected chi connectivity index (χ2v) is 7.49. The molecule has 118 valence electrons. The van der Waals surface area contributed by atoms with E-state index in [4.69, 9.17) is 0 Å². The van der Waals surface area contributed by atoms with E-state index in [0.717, 1.165) is 25.2 Å². The minimum absolute atomic E-state index is 0.0705. The molecule has 0 aromatic heterocycles. The molecule has 0 spiro atoms. The Morgan fingerprint density at radius 2 is 1.76 bits per heavy atom. The molecule has 4 nitrogen and oxygen atoms in total. The van der Waals surface area contributed by atoms with E-state index in [0.29, 0.717) is 18.9 Å². The van der Waals surface area contributed by atoms with Crippen LogP contribution < -0.4 is 0 Å². The summed E-state index contributed by atoms with van der Waals surface area (Å²) in [6.07, 6.45) is 9.79. The number of carboxylic acids is 1. The molecule has 2 saturated carbocycles. The van der Waals surface area contributed by atoms with Crippen LogP contribution in [-0.4, -0.2) is 34.0 Å². The molecule has 1 amide bonds. The topological polar surface area (TPSA) is 57.6 Å². The van der Waals surface area contributed by atoms with Gasteiger partial charge >= 0.3 is 5.97 Å². The highest BCUT2D eigenvalue weighted by Crippen LogP contribution is 2.44. The molecular weight excluding hydrogens is 266 g/mol. The Balaban J connectivity index is 1.69. The van der Waals surface area contributed by atoms with Gasteiger partial charge in [-0.2, -0.15) is 0 Å². The Morgan fingerprint density at radius 1 is 1.05 bits per heavy atom. The molecule has 2 aliphatic carbocycles. The minimum Gasteiger partial charge on any atom is -0.480 e. The number of hydrogen-bond donors (Lipinski definition) is 1. The summed E-state index contributed by atoms with van der Waals surface area (Å²) in [6, 6.07) is 0. The van der Waals surface area contributed by atoms with E-state index in [1.54, 1.807) is 11.8 Å². The number of carbonyl (C=O) groups is 2. The molecule has 0 radical (unpaired) electrons. The van der Waals surface area contributed by atoms with Crippen molar-refractivity contribution in [2.45, 2.75) is 70.3 Å². The molecule has 1 heterocycles. The van der Waals surface area contributed by atoms with Crippen molar-refractivity contribution in [3.8, 4) is 0 Å². The van der Waals surface area contributed by atoms with Crippen molar-refractivity contribution in [3.63, 3.8) is 0 Å². The fraction of sp³-hybridized carbons (Fsp3) is 0.882. The van der Waals surface area contributed by atoms with Crippen molar-refractivity contribution in [2.75, 3.05) is 6.54 Å². The van der Waals surface area contributed by atoms with Crippen LogP contribution in [0.3, 0.4) is 0 Å². The summed E-state index contributed by atoms with van der Waals surface area (Å²) in [6.45, 7) is 2.33. The summed E-state index contributed by atoms with van der Waals surface area (Å²) in [5, 5.41) is 9.48. The van der Waals surface area contributed by atoms with Crippen molar-refractivity contribution >= 4 is 11.9 Å². The molecule has 3 rings (SSSR count). The first-order valence-electron chi connectivity index (χ1n) is 8.57. The Kier molecular flexibility index (Phi) is 3.98. The Bertz CT molecular complexity index is 436. The molecule has 4 unspecified atom stereocenters. The van der Waals surface area contributed by atoms with Gasteiger partial charge in [0.25, 0.3) is 0 Å². The van der Waals surface area contributed by atoms with Gasteiger partial charge in [-0.3, -0.25) is 4.79 Å². The van der Waals surface area contributed by atoms with E-state index < -0.39 is 11.5 Å². The summed E-state index contributed by atoms with van der Waals surface area (Å²) in [5.74, 6) is 0.870. The van der Waals surface area contributed by atoms with Crippen LogP contribution in [0.15, 0.2) is 0 Å². The van der Waals surface area contributed by atoms with Crippen LogP contribution in [-0.2, 0) is 9.59 Å². The lowest BCUT2D eigenvalue weighted by atomic mass is 9.67. The maximum Gasteiger partial charge on any atom is 0.329 e. The number of likely N-dealkylation sites (tertiary alicyclic amines) is 1. The molecule has 0 bridgehead atoms. The van der Waals surface area contributed by atoms with Crippen LogP contribution in [0.4, 0.5) is 0 Å². The second kappa shape index (κ2) is 5.62. The molecule has 3 aliphatic rings. The molecule has 1 N–H and O–H groups in total. The lowest BCUT2D eigenvalue weighted by Crippen LogP contribution is -2.53. The molecule has 1 saturated heterocycles. The molecule has 1 aliphatic heterocycles. The van der Waals surface area contributed by atoms with Gasteiger partial charge in [-0.25, -0.2) is 4.79 Å². The number of aliphatic carboxylic acids is 1. The summed E-state index contributed by atoms with van der Waals surface area (Å²) in [7, 11) is 0. The van der Waals surface area contributed by atoms with Crippen LogP contribution in [0.25, 0.3) is 0 Å². The summed E-state index contributed by atoms with van der Waals surface area (Å²) < 4.78 is 0. The lowest BCUT2D eigenvalue weighted by Gasteiger charge is -2.41. The highest BCUT2D eigenvalue weighted by atomic mass is 16.4. The molecule has 3 fully saturated rings. The Morgan fingerprint density at radius 3 is 2.48 bits per heavy atom. The average molecular weight is 293 g/mol. The predicted molar refractivity (Wildman–Crippen MR) is 79.8 cm³/mol. The van der Waals surface area contributed by atoms with Gasteiger partial charge in [0.1, 0.15) is 5.54 Å². The number of carbonyl (C=O) groups excluding carboxylic acids is 1. The van der Waals surface area contributed by atoms with Crippen LogP contribution >= 0.6 is 0 Å². The van der Waals surface area contributed by atoms with Gasteiger partial charge in [0.2, 0.25) is 5.91 Å². The third kappa shape index (κ3) is 2.58. The van der Waals surface area contributed by atoms with Gasteiger partial charge < -0.3 is 10.0 Å². The standard InChI is InChI=1S/C17H27NO3/c1-17(16(20)21)9-4-10-18(17)15(19)14-8-7-12-5-2-3-6-13(12)11-14/h12-14H,2-11H2,1H3,(H,20,21). The average Bonchev–Trinajstić information content (AvgIpc) is 2.89. The van der Waals surface area contributed by atoms with Crippen molar-refractivity contribution in [1.82, 2.24) is 4.90 Å². The van der Waals surface area contributed by atoms with Crippen LogP contribution in [0.2, 0.25) is 0 Å². The number of nitrogens with zero attached hydrogens (tertiary/aromatic N) is 1.